The number of fused-ring (bicyclic) bond motifs is 1. The molecule has 0 amide bonds. The van der Waals surface area contributed by atoms with Crippen LogP contribution in [0.4, 0.5) is 16.2 Å². The van der Waals surface area contributed by atoms with Crippen LogP contribution < -0.4 is 5.32 Å². The minimum absolute atomic E-state index is 0.0510. The Labute approximate surface area is 236 Å². The number of hydrogen-bond donors (Lipinski definition) is 1. The predicted octanol–water partition coefficient (Wildman–Crippen LogP) is 5.19. The van der Waals surface area contributed by atoms with Gasteiger partial charge in [-0.3, -0.25) is 14.0 Å². The second-order valence-corrected chi connectivity index (χ2v) is 10.4. The molecule has 10 heteroatoms. The third kappa shape index (κ3) is 5.05. The number of aryl methyl sites for hydroxylation is 1. The van der Waals surface area contributed by atoms with Crippen LogP contribution in [0.2, 0.25) is 0 Å². The zero-order valence-corrected chi connectivity index (χ0v) is 22.5. The molecule has 6 aromatic rings. The summed E-state index contributed by atoms with van der Waals surface area (Å²) in [5.41, 5.74) is 4.64. The molecule has 204 valence electrons. The van der Waals surface area contributed by atoms with Crippen LogP contribution in [0.1, 0.15) is 28.8 Å². The Kier molecular flexibility index (Phi) is 6.44. The van der Waals surface area contributed by atoms with Crippen LogP contribution in [0.5, 0.6) is 0 Å². The topological polar surface area (TPSA) is 89.1 Å². The summed E-state index contributed by atoms with van der Waals surface area (Å²) >= 11 is 0. The molecule has 0 radical (unpaired) electrons. The van der Waals surface area contributed by atoms with Crippen LogP contribution in [0, 0.1) is 5.82 Å². The lowest BCUT2D eigenvalue weighted by Gasteiger charge is -2.17. The SMILES string of the molecule is Cn1nccc1Nc1nccc(-c2ccn3c(C4CN(Cc5ccccc5)CC4c4cccc(F)c4)nnc3c2)n1. The summed E-state index contributed by atoms with van der Waals surface area (Å²) in [7, 11) is 1.85. The molecule has 2 atom stereocenters. The highest BCUT2D eigenvalue weighted by Crippen LogP contribution is 2.40. The van der Waals surface area contributed by atoms with Crippen molar-refractivity contribution in [3.05, 3.63) is 120 Å². The molecule has 0 aliphatic carbocycles. The van der Waals surface area contributed by atoms with E-state index in [0.717, 1.165) is 53.7 Å². The second-order valence-electron chi connectivity index (χ2n) is 10.4. The first-order valence-corrected chi connectivity index (χ1v) is 13.6. The van der Waals surface area contributed by atoms with E-state index in [1.165, 1.54) is 11.6 Å². The highest BCUT2D eigenvalue weighted by molar-refractivity contribution is 5.65. The summed E-state index contributed by atoms with van der Waals surface area (Å²) in [6.45, 7) is 2.43. The van der Waals surface area contributed by atoms with E-state index in [1.54, 1.807) is 29.2 Å². The molecule has 1 saturated heterocycles. The number of halogens is 1. The molecule has 0 saturated carbocycles. The molecule has 9 nitrogen and oxygen atoms in total. The second kappa shape index (κ2) is 10.5. The maximum Gasteiger partial charge on any atom is 0.228 e. The van der Waals surface area contributed by atoms with E-state index in [2.05, 4.69) is 54.8 Å². The largest absolute Gasteiger partial charge is 0.309 e. The van der Waals surface area contributed by atoms with Gasteiger partial charge in [-0.25, -0.2) is 14.4 Å². The minimum atomic E-state index is -0.222. The highest BCUT2D eigenvalue weighted by Gasteiger charge is 2.37. The van der Waals surface area contributed by atoms with E-state index in [-0.39, 0.29) is 17.7 Å². The van der Waals surface area contributed by atoms with Gasteiger partial charge in [-0.15, -0.1) is 10.2 Å². The lowest BCUT2D eigenvalue weighted by molar-refractivity contribution is 0.323. The van der Waals surface area contributed by atoms with Crippen molar-refractivity contribution in [1.29, 1.82) is 0 Å². The Bertz CT molecular complexity index is 1810. The number of hydrogen-bond acceptors (Lipinski definition) is 7. The van der Waals surface area contributed by atoms with Gasteiger partial charge in [-0.1, -0.05) is 42.5 Å². The summed E-state index contributed by atoms with van der Waals surface area (Å²) in [5, 5.41) is 16.6. The number of nitrogens with one attached hydrogen (secondary N) is 1. The van der Waals surface area contributed by atoms with Crippen molar-refractivity contribution in [2.45, 2.75) is 18.4 Å². The van der Waals surface area contributed by atoms with Crippen LogP contribution in [-0.2, 0) is 13.6 Å². The summed E-state index contributed by atoms with van der Waals surface area (Å²) in [4.78, 5) is 11.5. The number of pyridine rings is 1. The lowest BCUT2D eigenvalue weighted by atomic mass is 9.88. The highest BCUT2D eigenvalue weighted by atomic mass is 19.1. The van der Waals surface area contributed by atoms with Crippen LogP contribution >= 0.6 is 0 Å². The van der Waals surface area contributed by atoms with Gasteiger partial charge in [0.15, 0.2) is 5.65 Å². The van der Waals surface area contributed by atoms with Gasteiger partial charge in [0, 0.05) is 62.5 Å². The summed E-state index contributed by atoms with van der Waals surface area (Å²) in [5.74, 6) is 2.07. The van der Waals surface area contributed by atoms with E-state index >= 15 is 0 Å². The molecule has 0 bridgehead atoms. The Balaban J connectivity index is 1.20. The van der Waals surface area contributed by atoms with Crippen molar-refractivity contribution < 1.29 is 4.39 Å². The first kappa shape index (κ1) is 25.0. The number of anilines is 2. The number of aromatic nitrogens is 7. The molecule has 0 spiro atoms. The summed E-state index contributed by atoms with van der Waals surface area (Å²) in [6, 6.07) is 25.1. The number of likely N-dealkylation sites (tertiary alicyclic amines) is 1. The van der Waals surface area contributed by atoms with Crippen LogP contribution in [-0.4, -0.2) is 52.3 Å². The molecule has 4 aromatic heterocycles. The van der Waals surface area contributed by atoms with E-state index in [0.29, 0.717) is 5.95 Å². The maximum atomic E-state index is 14.3. The quantitative estimate of drug-likeness (QED) is 0.296. The fraction of sp³-hybridized carbons (Fsp3) is 0.194. The molecule has 41 heavy (non-hydrogen) atoms. The Hall–Kier alpha value is -4.96. The molecule has 5 heterocycles. The molecule has 1 aliphatic rings. The van der Waals surface area contributed by atoms with Gasteiger partial charge < -0.3 is 5.32 Å². The standard InChI is InChI=1S/C31H28FN9/c1-39-28(11-14-34-39)36-31-33-13-10-27(35-31)23-12-15-41-29(17-23)37-38-30(41)26-20-40(18-21-6-3-2-4-7-21)19-25(26)22-8-5-9-24(32)16-22/h2-17,25-26H,18-20H2,1H3,(H,33,35,36). The van der Waals surface area contributed by atoms with Crippen molar-refractivity contribution in [1.82, 2.24) is 39.2 Å². The number of nitrogens with zero attached hydrogens (tertiary/aromatic N) is 8. The van der Waals surface area contributed by atoms with E-state index in [9.17, 15) is 4.39 Å². The Morgan fingerprint density at radius 3 is 2.61 bits per heavy atom. The average molecular weight is 546 g/mol. The van der Waals surface area contributed by atoms with Crippen molar-refractivity contribution >= 4 is 17.4 Å². The Morgan fingerprint density at radius 1 is 0.902 bits per heavy atom. The summed E-state index contributed by atoms with van der Waals surface area (Å²) < 4.78 is 18.0. The first-order valence-electron chi connectivity index (χ1n) is 13.6. The van der Waals surface area contributed by atoms with Crippen molar-refractivity contribution in [2.24, 2.45) is 7.05 Å². The first-order chi connectivity index (χ1) is 20.1. The van der Waals surface area contributed by atoms with Gasteiger partial charge in [-0.2, -0.15) is 5.10 Å². The van der Waals surface area contributed by atoms with Crippen LogP contribution in [0.15, 0.2) is 97.5 Å². The van der Waals surface area contributed by atoms with Crippen molar-refractivity contribution in [2.75, 3.05) is 18.4 Å². The normalized spacial score (nSPS) is 17.3. The fourth-order valence-electron chi connectivity index (χ4n) is 5.70. The van der Waals surface area contributed by atoms with Gasteiger partial charge in [-0.05, 0) is 41.5 Å². The number of benzene rings is 2. The third-order valence-electron chi connectivity index (χ3n) is 7.70. The van der Waals surface area contributed by atoms with E-state index in [1.807, 2.05) is 54.0 Å². The molecule has 2 aromatic carbocycles. The third-order valence-corrected chi connectivity index (χ3v) is 7.70. The van der Waals surface area contributed by atoms with Crippen LogP contribution in [0.3, 0.4) is 0 Å². The molecule has 2 unspecified atom stereocenters. The van der Waals surface area contributed by atoms with Gasteiger partial charge in [0.1, 0.15) is 17.5 Å². The van der Waals surface area contributed by atoms with Crippen molar-refractivity contribution in [3.63, 3.8) is 0 Å². The molecular weight excluding hydrogens is 517 g/mol. The van der Waals surface area contributed by atoms with Gasteiger partial charge >= 0.3 is 0 Å². The smallest absolute Gasteiger partial charge is 0.228 e. The van der Waals surface area contributed by atoms with Gasteiger partial charge in [0.05, 0.1) is 11.9 Å². The van der Waals surface area contributed by atoms with E-state index < -0.39 is 0 Å². The minimum Gasteiger partial charge on any atom is -0.309 e. The van der Waals surface area contributed by atoms with Crippen molar-refractivity contribution in [3.8, 4) is 11.3 Å². The fourth-order valence-corrected chi connectivity index (χ4v) is 5.70. The van der Waals surface area contributed by atoms with Gasteiger partial charge in [0.2, 0.25) is 5.95 Å². The zero-order valence-electron chi connectivity index (χ0n) is 22.5. The predicted molar refractivity (Wildman–Crippen MR) is 154 cm³/mol. The summed E-state index contributed by atoms with van der Waals surface area (Å²) in [6.07, 6.45) is 5.44. The zero-order chi connectivity index (χ0) is 27.8. The Morgan fingerprint density at radius 2 is 1.78 bits per heavy atom. The average Bonchev–Trinajstić information content (AvgIpc) is 3.72. The molecule has 1 fully saturated rings. The lowest BCUT2D eigenvalue weighted by Crippen LogP contribution is -2.20. The van der Waals surface area contributed by atoms with E-state index in [4.69, 9.17) is 4.98 Å². The molecule has 1 N–H and O–H groups in total. The maximum absolute atomic E-state index is 14.3. The molecule has 7 rings (SSSR count). The monoisotopic (exact) mass is 545 g/mol. The van der Waals surface area contributed by atoms with Gasteiger partial charge in [0.25, 0.3) is 0 Å². The number of rotatable bonds is 7. The molecule has 1 aliphatic heterocycles. The van der Waals surface area contributed by atoms with Crippen LogP contribution in [0.25, 0.3) is 16.9 Å². The molecular formula is C31H28FN9.